The molecular formula is C22H23ClF3NO. The zero-order valence-electron chi connectivity index (χ0n) is 15.5. The summed E-state index contributed by atoms with van der Waals surface area (Å²) in [7, 11) is 0. The average molecular weight is 410 g/mol. The Morgan fingerprint density at radius 3 is 2.36 bits per heavy atom. The van der Waals surface area contributed by atoms with E-state index in [2.05, 4.69) is 4.90 Å². The van der Waals surface area contributed by atoms with Crippen molar-refractivity contribution in [1.82, 2.24) is 4.90 Å². The maximum absolute atomic E-state index is 12.8. The highest BCUT2D eigenvalue weighted by atomic mass is 35.5. The Kier molecular flexibility index (Phi) is 6.78. The van der Waals surface area contributed by atoms with Crippen molar-refractivity contribution in [1.29, 1.82) is 0 Å². The van der Waals surface area contributed by atoms with E-state index in [0.717, 1.165) is 49.6 Å². The SMILES string of the molecule is O=C(Cc1cccc(C(F)(F)F)c1)CC1CCN(Cc2ccc(Cl)cc2)CC1. The molecule has 0 radical (unpaired) electrons. The molecule has 1 fully saturated rings. The average Bonchev–Trinajstić information content (AvgIpc) is 2.65. The fraction of sp³-hybridized carbons (Fsp3) is 0.409. The van der Waals surface area contributed by atoms with E-state index in [1.807, 2.05) is 24.3 Å². The summed E-state index contributed by atoms with van der Waals surface area (Å²) < 4.78 is 38.4. The predicted molar refractivity (Wildman–Crippen MR) is 104 cm³/mol. The zero-order chi connectivity index (χ0) is 20.1. The maximum Gasteiger partial charge on any atom is 0.416 e. The molecule has 1 heterocycles. The highest BCUT2D eigenvalue weighted by Crippen LogP contribution is 2.30. The Morgan fingerprint density at radius 1 is 1.04 bits per heavy atom. The van der Waals surface area contributed by atoms with Crippen LogP contribution in [0.15, 0.2) is 48.5 Å². The third-order valence-corrected chi connectivity index (χ3v) is 5.45. The van der Waals surface area contributed by atoms with Gasteiger partial charge in [0.15, 0.2) is 0 Å². The molecule has 0 aromatic heterocycles. The fourth-order valence-electron chi connectivity index (χ4n) is 3.68. The number of piperidine rings is 1. The third kappa shape index (κ3) is 6.08. The lowest BCUT2D eigenvalue weighted by atomic mass is 9.89. The molecular weight excluding hydrogens is 387 g/mol. The number of carbonyl (C=O) groups is 1. The summed E-state index contributed by atoms with van der Waals surface area (Å²) >= 11 is 5.91. The number of likely N-dealkylation sites (tertiary alicyclic amines) is 1. The number of carbonyl (C=O) groups excluding carboxylic acids is 1. The van der Waals surface area contributed by atoms with E-state index in [-0.39, 0.29) is 12.2 Å². The number of rotatable bonds is 6. The Morgan fingerprint density at radius 2 is 1.71 bits per heavy atom. The van der Waals surface area contributed by atoms with Gasteiger partial charge in [0.25, 0.3) is 0 Å². The molecule has 1 aliphatic rings. The van der Waals surface area contributed by atoms with E-state index in [1.54, 1.807) is 6.07 Å². The van der Waals surface area contributed by atoms with Crippen LogP contribution in [0.5, 0.6) is 0 Å². The minimum Gasteiger partial charge on any atom is -0.299 e. The Labute approximate surface area is 168 Å². The summed E-state index contributed by atoms with van der Waals surface area (Å²) in [5, 5.41) is 0.724. The number of hydrogen-bond acceptors (Lipinski definition) is 2. The van der Waals surface area contributed by atoms with Crippen LogP contribution in [0.3, 0.4) is 0 Å². The number of nitrogens with zero attached hydrogens (tertiary/aromatic N) is 1. The second kappa shape index (κ2) is 9.10. The van der Waals surface area contributed by atoms with Gasteiger partial charge in [0.1, 0.15) is 5.78 Å². The molecule has 1 aliphatic heterocycles. The molecule has 0 amide bonds. The van der Waals surface area contributed by atoms with Gasteiger partial charge >= 0.3 is 6.18 Å². The quantitative estimate of drug-likeness (QED) is 0.603. The van der Waals surface area contributed by atoms with Gasteiger partial charge in [-0.3, -0.25) is 9.69 Å². The van der Waals surface area contributed by atoms with Gasteiger partial charge in [0, 0.05) is 24.4 Å². The standard InChI is InChI=1S/C22H23ClF3NO/c23-20-6-4-17(5-7-20)15-27-10-8-16(9-11-27)13-21(28)14-18-2-1-3-19(12-18)22(24,25)26/h1-7,12,16H,8-11,13-15H2. The van der Waals surface area contributed by atoms with Crippen molar-refractivity contribution >= 4 is 17.4 Å². The minimum atomic E-state index is -4.38. The van der Waals surface area contributed by atoms with Crippen LogP contribution in [0.4, 0.5) is 13.2 Å². The molecule has 150 valence electrons. The number of alkyl halides is 3. The van der Waals surface area contributed by atoms with Gasteiger partial charge in [0.2, 0.25) is 0 Å². The molecule has 0 N–H and O–H groups in total. The number of benzene rings is 2. The molecule has 0 atom stereocenters. The van der Waals surface area contributed by atoms with Gasteiger partial charge in [-0.15, -0.1) is 0 Å². The van der Waals surface area contributed by atoms with E-state index in [4.69, 9.17) is 11.6 Å². The Balaban J connectivity index is 1.45. The second-order valence-corrected chi connectivity index (χ2v) is 7.90. The molecule has 2 aromatic rings. The van der Waals surface area contributed by atoms with Crippen LogP contribution in [0.2, 0.25) is 5.02 Å². The summed E-state index contributed by atoms with van der Waals surface area (Å²) in [6.45, 7) is 2.70. The van der Waals surface area contributed by atoms with Crippen LogP contribution in [0.25, 0.3) is 0 Å². The van der Waals surface area contributed by atoms with E-state index < -0.39 is 11.7 Å². The number of hydrogen-bond donors (Lipinski definition) is 0. The van der Waals surface area contributed by atoms with E-state index in [1.165, 1.54) is 11.6 Å². The molecule has 6 heteroatoms. The highest BCUT2D eigenvalue weighted by Gasteiger charge is 2.30. The monoisotopic (exact) mass is 409 g/mol. The van der Waals surface area contributed by atoms with Crippen molar-refractivity contribution in [3.8, 4) is 0 Å². The van der Waals surface area contributed by atoms with Crippen LogP contribution >= 0.6 is 11.6 Å². The number of Topliss-reactive ketones (excluding diaryl/α,β-unsaturated/α-hetero) is 1. The number of ketones is 1. The number of halogens is 4. The first-order valence-corrected chi connectivity index (χ1v) is 9.82. The summed E-state index contributed by atoms with van der Waals surface area (Å²) in [4.78, 5) is 14.7. The first-order valence-electron chi connectivity index (χ1n) is 9.44. The van der Waals surface area contributed by atoms with Gasteiger partial charge in [-0.1, -0.05) is 41.9 Å². The van der Waals surface area contributed by atoms with Gasteiger partial charge in [-0.2, -0.15) is 13.2 Å². The van der Waals surface area contributed by atoms with Crippen molar-refractivity contribution in [3.05, 3.63) is 70.2 Å². The Bertz CT molecular complexity index is 796. The van der Waals surface area contributed by atoms with Crippen LogP contribution in [0.1, 0.15) is 36.0 Å². The van der Waals surface area contributed by atoms with E-state index in [9.17, 15) is 18.0 Å². The Hall–Kier alpha value is -1.85. The van der Waals surface area contributed by atoms with Crippen LogP contribution in [-0.2, 0) is 23.9 Å². The van der Waals surface area contributed by atoms with Crippen molar-refractivity contribution in [3.63, 3.8) is 0 Å². The second-order valence-electron chi connectivity index (χ2n) is 7.46. The van der Waals surface area contributed by atoms with Gasteiger partial charge in [-0.25, -0.2) is 0 Å². The van der Waals surface area contributed by atoms with Crippen molar-refractivity contribution in [2.75, 3.05) is 13.1 Å². The first kappa shape index (κ1) is 20.9. The molecule has 0 unspecified atom stereocenters. The van der Waals surface area contributed by atoms with Crippen LogP contribution < -0.4 is 0 Å². The first-order chi connectivity index (χ1) is 13.3. The van der Waals surface area contributed by atoms with Crippen molar-refractivity contribution in [2.45, 2.75) is 38.4 Å². The molecule has 3 rings (SSSR count). The fourth-order valence-corrected chi connectivity index (χ4v) is 3.80. The molecule has 0 spiro atoms. The molecule has 0 aliphatic carbocycles. The van der Waals surface area contributed by atoms with E-state index in [0.29, 0.717) is 17.9 Å². The minimum absolute atomic E-state index is 0.00970. The van der Waals surface area contributed by atoms with Crippen LogP contribution in [0, 0.1) is 5.92 Å². The normalized spacial score (nSPS) is 16.3. The molecule has 2 nitrogen and oxygen atoms in total. The molecule has 1 saturated heterocycles. The van der Waals surface area contributed by atoms with Gasteiger partial charge < -0.3 is 0 Å². The van der Waals surface area contributed by atoms with Crippen LogP contribution in [-0.4, -0.2) is 23.8 Å². The lowest BCUT2D eigenvalue weighted by molar-refractivity contribution is -0.137. The predicted octanol–water partition coefficient (Wildman–Crippen LogP) is 5.77. The van der Waals surface area contributed by atoms with E-state index >= 15 is 0 Å². The zero-order valence-corrected chi connectivity index (χ0v) is 16.3. The summed E-state index contributed by atoms with van der Waals surface area (Å²) in [6, 6.07) is 12.9. The molecule has 2 aromatic carbocycles. The highest BCUT2D eigenvalue weighted by molar-refractivity contribution is 6.30. The summed E-state index contributed by atoms with van der Waals surface area (Å²) in [5.41, 5.74) is 0.941. The lowest BCUT2D eigenvalue weighted by Crippen LogP contribution is -2.34. The molecule has 0 saturated carbocycles. The third-order valence-electron chi connectivity index (χ3n) is 5.20. The molecule has 28 heavy (non-hydrogen) atoms. The smallest absolute Gasteiger partial charge is 0.299 e. The lowest BCUT2D eigenvalue weighted by Gasteiger charge is -2.31. The van der Waals surface area contributed by atoms with Crippen molar-refractivity contribution < 1.29 is 18.0 Å². The maximum atomic E-state index is 12.8. The van der Waals surface area contributed by atoms with Gasteiger partial charge in [-0.05, 0) is 61.2 Å². The summed E-state index contributed by atoms with van der Waals surface area (Å²) in [5.74, 6) is 0.315. The largest absolute Gasteiger partial charge is 0.416 e. The summed E-state index contributed by atoms with van der Waals surface area (Å²) in [6.07, 6.45) is -2.01. The topological polar surface area (TPSA) is 20.3 Å². The molecule has 0 bridgehead atoms. The van der Waals surface area contributed by atoms with Crippen molar-refractivity contribution in [2.24, 2.45) is 5.92 Å². The van der Waals surface area contributed by atoms with Gasteiger partial charge in [0.05, 0.1) is 5.56 Å².